The number of piperidine rings is 1. The lowest BCUT2D eigenvalue weighted by Crippen LogP contribution is -2.54. The van der Waals surface area contributed by atoms with E-state index in [9.17, 15) is 10.2 Å². The quantitative estimate of drug-likeness (QED) is 0.776. The predicted octanol–water partition coefficient (Wildman–Crippen LogP) is 0.596. The third kappa shape index (κ3) is 2.21. The molecule has 1 aromatic rings. The summed E-state index contributed by atoms with van der Waals surface area (Å²) in [7, 11) is 0. The fourth-order valence-corrected chi connectivity index (χ4v) is 3.01. The molecule has 0 bridgehead atoms. The lowest BCUT2D eigenvalue weighted by Gasteiger charge is -2.41. The lowest BCUT2D eigenvalue weighted by atomic mass is 9.90. The van der Waals surface area contributed by atoms with E-state index in [0.29, 0.717) is 13.0 Å². The summed E-state index contributed by atoms with van der Waals surface area (Å²) in [5.74, 6) is 1.76. The van der Waals surface area contributed by atoms with Gasteiger partial charge in [0.1, 0.15) is 11.6 Å². The van der Waals surface area contributed by atoms with Gasteiger partial charge in [-0.1, -0.05) is 0 Å². The molecule has 0 unspecified atom stereocenters. The van der Waals surface area contributed by atoms with Crippen molar-refractivity contribution in [3.8, 4) is 0 Å². The zero-order chi connectivity index (χ0) is 13.6. The maximum atomic E-state index is 10.1. The summed E-state index contributed by atoms with van der Waals surface area (Å²) in [6.45, 7) is 4.78. The van der Waals surface area contributed by atoms with Crippen molar-refractivity contribution in [2.45, 2.75) is 51.2 Å². The maximum absolute atomic E-state index is 10.1. The van der Waals surface area contributed by atoms with E-state index in [1.165, 1.54) is 5.56 Å². The molecule has 1 aliphatic carbocycles. The van der Waals surface area contributed by atoms with Crippen LogP contribution in [0.1, 0.15) is 36.8 Å². The molecule has 1 saturated heterocycles. The molecule has 5 heteroatoms. The first-order valence-corrected chi connectivity index (χ1v) is 6.99. The molecule has 0 aromatic carbocycles. The van der Waals surface area contributed by atoms with Crippen molar-refractivity contribution in [1.82, 2.24) is 9.97 Å². The van der Waals surface area contributed by atoms with E-state index in [2.05, 4.69) is 14.9 Å². The van der Waals surface area contributed by atoms with E-state index in [1.54, 1.807) is 6.92 Å². The summed E-state index contributed by atoms with van der Waals surface area (Å²) < 4.78 is 0. The van der Waals surface area contributed by atoms with Crippen LogP contribution in [-0.2, 0) is 12.8 Å². The number of aliphatic hydroxyl groups excluding tert-OH is 1. The number of hydrogen-bond donors (Lipinski definition) is 2. The van der Waals surface area contributed by atoms with Crippen LogP contribution in [0.3, 0.4) is 0 Å². The highest BCUT2D eigenvalue weighted by Crippen LogP contribution is 2.32. The molecule has 19 heavy (non-hydrogen) atoms. The van der Waals surface area contributed by atoms with Crippen molar-refractivity contribution in [2.24, 2.45) is 0 Å². The zero-order valence-electron chi connectivity index (χ0n) is 11.6. The molecule has 1 aliphatic heterocycles. The Morgan fingerprint density at radius 1 is 1.32 bits per heavy atom. The van der Waals surface area contributed by atoms with Crippen LogP contribution in [-0.4, -0.2) is 45.0 Å². The average Bonchev–Trinajstić information content (AvgIpc) is 2.79. The lowest BCUT2D eigenvalue weighted by molar-refractivity contribution is -0.0723. The molecule has 2 heterocycles. The third-order valence-corrected chi connectivity index (χ3v) is 4.32. The van der Waals surface area contributed by atoms with E-state index in [-0.39, 0.29) is 0 Å². The molecule has 3 rings (SSSR count). The molecule has 0 spiro atoms. The van der Waals surface area contributed by atoms with Gasteiger partial charge in [0.25, 0.3) is 0 Å². The first-order valence-electron chi connectivity index (χ1n) is 6.99. The summed E-state index contributed by atoms with van der Waals surface area (Å²) in [5, 5.41) is 20.1. The Morgan fingerprint density at radius 3 is 2.84 bits per heavy atom. The van der Waals surface area contributed by atoms with Crippen LogP contribution in [0, 0.1) is 6.92 Å². The third-order valence-electron chi connectivity index (χ3n) is 4.32. The topological polar surface area (TPSA) is 69.5 Å². The van der Waals surface area contributed by atoms with Gasteiger partial charge in [-0.2, -0.15) is 0 Å². The minimum atomic E-state index is -0.984. The van der Waals surface area contributed by atoms with Crippen molar-refractivity contribution in [3.63, 3.8) is 0 Å². The molecule has 0 saturated carbocycles. The summed E-state index contributed by atoms with van der Waals surface area (Å²) in [4.78, 5) is 11.2. The van der Waals surface area contributed by atoms with Gasteiger partial charge in [0.2, 0.25) is 0 Å². The highest BCUT2D eigenvalue weighted by Gasteiger charge is 2.37. The minimum absolute atomic E-state index is 0.440. The Hall–Kier alpha value is -1.20. The number of aliphatic hydroxyl groups is 2. The van der Waals surface area contributed by atoms with Crippen molar-refractivity contribution in [1.29, 1.82) is 0 Å². The number of β-amino-alcohol motifs (C(OH)–C–C–N with tert-alkyl or cyclic N) is 1. The van der Waals surface area contributed by atoms with Crippen LogP contribution in [0.25, 0.3) is 0 Å². The fourth-order valence-electron chi connectivity index (χ4n) is 3.01. The summed E-state index contributed by atoms with van der Waals surface area (Å²) in [6.07, 6.45) is 3.02. The molecule has 2 atom stereocenters. The Labute approximate surface area is 113 Å². The Kier molecular flexibility index (Phi) is 2.98. The van der Waals surface area contributed by atoms with Gasteiger partial charge in [-0.3, -0.25) is 0 Å². The molecule has 5 nitrogen and oxygen atoms in total. The van der Waals surface area contributed by atoms with Crippen molar-refractivity contribution in [2.75, 3.05) is 18.0 Å². The van der Waals surface area contributed by atoms with E-state index >= 15 is 0 Å². The number of hydrogen-bond acceptors (Lipinski definition) is 5. The van der Waals surface area contributed by atoms with Gasteiger partial charge in [0, 0.05) is 24.3 Å². The second kappa shape index (κ2) is 4.42. The molecule has 2 N–H and O–H groups in total. The van der Waals surface area contributed by atoms with Crippen LogP contribution in [0.4, 0.5) is 5.82 Å². The van der Waals surface area contributed by atoms with Gasteiger partial charge in [-0.25, -0.2) is 9.97 Å². The Balaban J connectivity index is 1.92. The number of aromatic nitrogens is 2. The van der Waals surface area contributed by atoms with E-state index in [1.807, 2.05) is 6.92 Å². The standard InChI is InChI=1S/C14H21N3O2/c1-9-15-11-5-3-4-10(11)13(16-9)17-7-6-14(2,19)12(18)8-17/h12,18-19H,3-8H2,1-2H3/t12-,14-/m1/s1. The van der Waals surface area contributed by atoms with E-state index < -0.39 is 11.7 Å². The SMILES string of the molecule is Cc1nc2c(c(N3CC[C@@](C)(O)[C@H](O)C3)n1)CCC2. The highest BCUT2D eigenvalue weighted by molar-refractivity contribution is 5.51. The molecule has 0 amide bonds. The average molecular weight is 263 g/mol. The largest absolute Gasteiger partial charge is 0.388 e. The van der Waals surface area contributed by atoms with Crippen molar-refractivity contribution < 1.29 is 10.2 Å². The molecular weight excluding hydrogens is 242 g/mol. The number of aryl methyl sites for hydroxylation is 2. The Morgan fingerprint density at radius 2 is 2.11 bits per heavy atom. The predicted molar refractivity (Wildman–Crippen MR) is 72.3 cm³/mol. The van der Waals surface area contributed by atoms with Gasteiger partial charge in [-0.15, -0.1) is 0 Å². The highest BCUT2D eigenvalue weighted by atomic mass is 16.3. The van der Waals surface area contributed by atoms with Gasteiger partial charge < -0.3 is 15.1 Å². The van der Waals surface area contributed by atoms with Crippen LogP contribution < -0.4 is 4.90 Å². The normalized spacial score (nSPS) is 30.5. The number of nitrogens with zero attached hydrogens (tertiary/aromatic N) is 3. The van der Waals surface area contributed by atoms with Crippen LogP contribution in [0.5, 0.6) is 0 Å². The van der Waals surface area contributed by atoms with Crippen molar-refractivity contribution in [3.05, 3.63) is 17.1 Å². The van der Waals surface area contributed by atoms with Gasteiger partial charge >= 0.3 is 0 Å². The first-order chi connectivity index (χ1) is 8.97. The molecule has 1 aromatic heterocycles. The summed E-state index contributed by atoms with van der Waals surface area (Å²) >= 11 is 0. The monoisotopic (exact) mass is 263 g/mol. The molecule has 1 fully saturated rings. The second-order valence-corrected chi connectivity index (χ2v) is 5.94. The molecule has 104 valence electrons. The zero-order valence-corrected chi connectivity index (χ0v) is 11.6. The van der Waals surface area contributed by atoms with Crippen molar-refractivity contribution >= 4 is 5.82 Å². The number of fused-ring (bicyclic) bond motifs is 1. The van der Waals surface area contributed by atoms with Gasteiger partial charge in [0.15, 0.2) is 0 Å². The number of rotatable bonds is 1. The van der Waals surface area contributed by atoms with Crippen LogP contribution in [0.2, 0.25) is 0 Å². The smallest absolute Gasteiger partial charge is 0.135 e. The maximum Gasteiger partial charge on any atom is 0.135 e. The molecule has 0 radical (unpaired) electrons. The van der Waals surface area contributed by atoms with Crippen LogP contribution >= 0.6 is 0 Å². The second-order valence-electron chi connectivity index (χ2n) is 5.94. The number of anilines is 1. The van der Waals surface area contributed by atoms with Gasteiger partial charge in [-0.05, 0) is 39.5 Å². The molecule has 2 aliphatic rings. The summed E-state index contributed by atoms with van der Waals surface area (Å²) in [5.41, 5.74) is 1.41. The Bertz CT molecular complexity index is 502. The van der Waals surface area contributed by atoms with Crippen LogP contribution in [0.15, 0.2) is 0 Å². The van der Waals surface area contributed by atoms with E-state index in [4.69, 9.17) is 0 Å². The van der Waals surface area contributed by atoms with Gasteiger partial charge in [0.05, 0.1) is 11.7 Å². The molecular formula is C14H21N3O2. The summed E-state index contributed by atoms with van der Waals surface area (Å²) in [6, 6.07) is 0. The minimum Gasteiger partial charge on any atom is -0.388 e. The fraction of sp³-hybridized carbons (Fsp3) is 0.714. The van der Waals surface area contributed by atoms with E-state index in [0.717, 1.165) is 43.1 Å². The first kappa shape index (κ1) is 12.8.